The Morgan fingerprint density at radius 1 is 1.19 bits per heavy atom. The third-order valence-electron chi connectivity index (χ3n) is 5.42. The number of alkyl halides is 3. The topological polar surface area (TPSA) is 69.5 Å². The molecular weight excluding hydrogens is 409 g/mol. The molecule has 31 heavy (non-hydrogen) atoms. The number of aliphatic hydroxyl groups is 1. The van der Waals surface area contributed by atoms with E-state index in [0.717, 1.165) is 50.2 Å². The van der Waals surface area contributed by atoms with E-state index >= 15 is 0 Å². The van der Waals surface area contributed by atoms with Crippen LogP contribution in [0.5, 0.6) is 0 Å². The Morgan fingerprint density at radius 3 is 2.48 bits per heavy atom. The van der Waals surface area contributed by atoms with Crippen LogP contribution >= 0.6 is 0 Å². The number of nitrogens with one attached hydrogen (secondary N) is 2. The summed E-state index contributed by atoms with van der Waals surface area (Å²) in [4.78, 5) is 14.2. The lowest BCUT2D eigenvalue weighted by Gasteiger charge is -2.32. The summed E-state index contributed by atoms with van der Waals surface area (Å²) in [5.41, 5.74) is 1.11. The number of aromatic nitrogens is 1. The molecule has 2 heterocycles. The van der Waals surface area contributed by atoms with E-state index in [9.17, 15) is 23.1 Å². The van der Waals surface area contributed by atoms with E-state index in [0.29, 0.717) is 18.7 Å². The number of nitrogens with zero attached hydrogens (tertiary/aromatic N) is 2. The summed E-state index contributed by atoms with van der Waals surface area (Å²) in [6.07, 6.45) is 1.25. The molecule has 9 heteroatoms. The van der Waals surface area contributed by atoms with Crippen LogP contribution in [-0.4, -0.2) is 52.4 Å². The molecule has 1 aromatic carbocycles. The van der Waals surface area contributed by atoms with Crippen molar-refractivity contribution in [1.29, 1.82) is 0 Å². The van der Waals surface area contributed by atoms with Gasteiger partial charge in [-0.2, -0.15) is 13.2 Å². The van der Waals surface area contributed by atoms with Gasteiger partial charge in [-0.3, -0.25) is 4.90 Å². The molecule has 3 N–H and O–H groups in total. The van der Waals surface area contributed by atoms with E-state index in [2.05, 4.69) is 15.5 Å². The van der Waals surface area contributed by atoms with Gasteiger partial charge < -0.3 is 20.3 Å². The van der Waals surface area contributed by atoms with Crippen molar-refractivity contribution in [2.45, 2.75) is 51.1 Å². The van der Waals surface area contributed by atoms with Gasteiger partial charge in [-0.05, 0) is 62.1 Å². The average molecular weight is 438 g/mol. The number of likely N-dealkylation sites (tertiary alicyclic amines) is 1. The molecule has 170 valence electrons. The molecular formula is C22H29F3N4O2. The predicted molar refractivity (Wildman–Crippen MR) is 112 cm³/mol. The van der Waals surface area contributed by atoms with Crippen LogP contribution in [0.25, 0.3) is 5.69 Å². The molecule has 1 unspecified atom stereocenters. The fourth-order valence-electron chi connectivity index (χ4n) is 3.64. The maximum Gasteiger partial charge on any atom is 0.416 e. The molecule has 0 spiro atoms. The lowest BCUT2D eigenvalue weighted by Crippen LogP contribution is -2.48. The fraction of sp³-hybridized carbons (Fsp3) is 0.500. The quantitative estimate of drug-likeness (QED) is 0.620. The highest BCUT2D eigenvalue weighted by Crippen LogP contribution is 2.29. The predicted octanol–water partition coefficient (Wildman–Crippen LogP) is 3.53. The minimum absolute atomic E-state index is 0.125. The number of piperidine rings is 1. The van der Waals surface area contributed by atoms with E-state index in [4.69, 9.17) is 0 Å². The number of amides is 2. The number of aliphatic hydroxyl groups excluding tert-OH is 1. The van der Waals surface area contributed by atoms with Crippen LogP contribution in [0.4, 0.5) is 18.0 Å². The van der Waals surface area contributed by atoms with Crippen molar-refractivity contribution in [2.24, 2.45) is 0 Å². The van der Waals surface area contributed by atoms with Crippen molar-refractivity contribution in [2.75, 3.05) is 19.6 Å². The maximum absolute atomic E-state index is 12.7. The lowest BCUT2D eigenvalue weighted by atomic mass is 10.0. The first-order valence-corrected chi connectivity index (χ1v) is 10.5. The minimum atomic E-state index is -4.33. The lowest BCUT2D eigenvalue weighted by molar-refractivity contribution is -0.137. The van der Waals surface area contributed by atoms with E-state index in [1.54, 1.807) is 6.92 Å². The van der Waals surface area contributed by atoms with Crippen molar-refractivity contribution >= 4 is 6.03 Å². The van der Waals surface area contributed by atoms with Gasteiger partial charge in [-0.15, -0.1) is 0 Å². The molecule has 6 nitrogen and oxygen atoms in total. The van der Waals surface area contributed by atoms with Gasteiger partial charge in [-0.25, -0.2) is 4.79 Å². The summed E-state index contributed by atoms with van der Waals surface area (Å²) in [7, 11) is 0. The minimum Gasteiger partial charge on any atom is -0.393 e. The van der Waals surface area contributed by atoms with Crippen LogP contribution in [0, 0.1) is 0 Å². The second kappa shape index (κ2) is 10.2. The second-order valence-corrected chi connectivity index (χ2v) is 8.06. The standard InChI is InChI=1S/C22H29F3N4O2/c1-16(30)6-10-26-21(31)27-19-8-11-28(12-9-19)14-17-7-13-29(15-17)20-4-2-18(3-5-20)22(23,24)25/h2-5,7,13,15-16,19,30H,6,8-12,14H2,1H3,(H2,26,27,31). The van der Waals surface area contributed by atoms with Crippen molar-refractivity contribution < 1.29 is 23.1 Å². The first-order valence-electron chi connectivity index (χ1n) is 10.5. The number of rotatable bonds is 7. The van der Waals surface area contributed by atoms with Gasteiger partial charge in [0.25, 0.3) is 0 Å². The third-order valence-corrected chi connectivity index (χ3v) is 5.42. The Balaban J connectivity index is 1.44. The summed E-state index contributed by atoms with van der Waals surface area (Å²) in [5, 5.41) is 15.0. The first-order chi connectivity index (χ1) is 14.7. The molecule has 1 aliphatic rings. The Hall–Kier alpha value is -2.52. The summed E-state index contributed by atoms with van der Waals surface area (Å²) in [6.45, 7) is 4.58. The van der Waals surface area contributed by atoms with Crippen LogP contribution in [0.3, 0.4) is 0 Å². The van der Waals surface area contributed by atoms with Crippen LogP contribution in [0.2, 0.25) is 0 Å². The molecule has 0 radical (unpaired) electrons. The van der Waals surface area contributed by atoms with Crippen LogP contribution in [0.15, 0.2) is 42.7 Å². The zero-order valence-corrected chi connectivity index (χ0v) is 17.5. The Kier molecular flexibility index (Phi) is 7.61. The molecule has 1 aliphatic heterocycles. The van der Waals surface area contributed by atoms with Crippen molar-refractivity contribution in [3.8, 4) is 5.69 Å². The van der Waals surface area contributed by atoms with Gasteiger partial charge >= 0.3 is 12.2 Å². The molecule has 0 bridgehead atoms. The van der Waals surface area contributed by atoms with Crippen LogP contribution < -0.4 is 10.6 Å². The van der Waals surface area contributed by atoms with Crippen molar-refractivity contribution in [3.05, 3.63) is 53.9 Å². The van der Waals surface area contributed by atoms with E-state index in [1.165, 1.54) is 12.1 Å². The molecule has 1 fully saturated rings. The van der Waals surface area contributed by atoms with E-state index in [1.807, 2.05) is 23.0 Å². The number of hydrogen-bond donors (Lipinski definition) is 3. The summed E-state index contributed by atoms with van der Waals surface area (Å²) >= 11 is 0. The highest BCUT2D eigenvalue weighted by atomic mass is 19.4. The molecule has 3 rings (SSSR count). The molecule has 1 atom stereocenters. The normalized spacial score (nSPS) is 16.8. The Bertz CT molecular complexity index is 841. The monoisotopic (exact) mass is 438 g/mol. The van der Waals surface area contributed by atoms with Crippen molar-refractivity contribution in [3.63, 3.8) is 0 Å². The molecule has 0 aliphatic carbocycles. The summed E-state index contributed by atoms with van der Waals surface area (Å²) in [5.74, 6) is 0. The number of carbonyl (C=O) groups is 1. The van der Waals surface area contributed by atoms with Gasteiger partial charge in [0.05, 0.1) is 11.7 Å². The fourth-order valence-corrected chi connectivity index (χ4v) is 3.64. The highest BCUT2D eigenvalue weighted by Gasteiger charge is 2.30. The molecule has 1 saturated heterocycles. The van der Waals surface area contributed by atoms with E-state index in [-0.39, 0.29) is 12.1 Å². The molecule has 2 amide bonds. The van der Waals surface area contributed by atoms with Gasteiger partial charge in [0, 0.05) is 50.3 Å². The zero-order valence-electron chi connectivity index (χ0n) is 17.5. The van der Waals surface area contributed by atoms with E-state index < -0.39 is 17.8 Å². The Morgan fingerprint density at radius 2 is 1.87 bits per heavy atom. The third kappa shape index (κ3) is 7.00. The molecule has 0 saturated carbocycles. The molecule has 1 aromatic heterocycles. The number of halogens is 3. The maximum atomic E-state index is 12.7. The average Bonchev–Trinajstić information content (AvgIpc) is 3.17. The first kappa shape index (κ1) is 23.1. The zero-order chi connectivity index (χ0) is 22.4. The molecule has 2 aromatic rings. The summed E-state index contributed by atoms with van der Waals surface area (Å²) < 4.78 is 40.0. The number of carbonyl (C=O) groups excluding carboxylic acids is 1. The number of hydrogen-bond acceptors (Lipinski definition) is 3. The van der Waals surface area contributed by atoms with Gasteiger partial charge in [0.15, 0.2) is 0 Å². The van der Waals surface area contributed by atoms with Gasteiger partial charge in [0.2, 0.25) is 0 Å². The van der Waals surface area contributed by atoms with Gasteiger partial charge in [0.1, 0.15) is 0 Å². The highest BCUT2D eigenvalue weighted by molar-refractivity contribution is 5.74. The van der Waals surface area contributed by atoms with Gasteiger partial charge in [-0.1, -0.05) is 0 Å². The Labute approximate surface area is 180 Å². The SMILES string of the molecule is CC(O)CCNC(=O)NC1CCN(Cc2ccn(-c3ccc(C(F)(F)F)cc3)c2)CC1. The van der Waals surface area contributed by atoms with Crippen molar-refractivity contribution in [1.82, 2.24) is 20.1 Å². The van der Waals surface area contributed by atoms with Crippen LogP contribution in [-0.2, 0) is 12.7 Å². The second-order valence-electron chi connectivity index (χ2n) is 8.06. The number of benzene rings is 1. The number of urea groups is 1. The summed E-state index contributed by atoms with van der Waals surface area (Å²) in [6, 6.07) is 7.01. The smallest absolute Gasteiger partial charge is 0.393 e. The van der Waals surface area contributed by atoms with Crippen LogP contribution in [0.1, 0.15) is 37.3 Å². The largest absolute Gasteiger partial charge is 0.416 e.